The Bertz CT molecular complexity index is 796. The molecule has 0 saturated heterocycles. The van der Waals surface area contributed by atoms with Crippen molar-refractivity contribution in [1.29, 1.82) is 0 Å². The average molecular weight is 497 g/mol. The van der Waals surface area contributed by atoms with Crippen LogP contribution in [0.5, 0.6) is 5.88 Å². The van der Waals surface area contributed by atoms with Crippen LogP contribution < -0.4 is 15.4 Å². The number of amides is 1. The van der Waals surface area contributed by atoms with E-state index in [-0.39, 0.29) is 29.9 Å². The number of hydrogen-bond acceptors (Lipinski definition) is 4. The third-order valence-electron chi connectivity index (χ3n) is 4.00. The fourth-order valence-electron chi connectivity index (χ4n) is 2.59. The van der Waals surface area contributed by atoms with Crippen molar-refractivity contribution in [2.24, 2.45) is 4.99 Å². The Labute approximate surface area is 183 Å². The van der Waals surface area contributed by atoms with Crippen LogP contribution in [0.4, 0.5) is 0 Å². The van der Waals surface area contributed by atoms with Crippen molar-refractivity contribution in [1.82, 2.24) is 20.5 Å². The number of carbonyl (C=O) groups is 1. The van der Waals surface area contributed by atoms with Crippen LogP contribution in [0.3, 0.4) is 0 Å². The lowest BCUT2D eigenvalue weighted by Gasteiger charge is -2.14. The number of benzene rings is 1. The summed E-state index contributed by atoms with van der Waals surface area (Å²) in [5.41, 5.74) is 2.75. The Morgan fingerprint density at radius 3 is 2.68 bits per heavy atom. The topological polar surface area (TPSA) is 78.9 Å². The molecule has 2 rings (SSSR count). The van der Waals surface area contributed by atoms with Crippen molar-refractivity contribution >= 4 is 35.8 Å². The van der Waals surface area contributed by atoms with Gasteiger partial charge in [0.25, 0.3) is 5.91 Å². The van der Waals surface area contributed by atoms with Crippen LogP contribution in [0.1, 0.15) is 21.5 Å². The Morgan fingerprint density at radius 2 is 2.00 bits per heavy atom. The number of ether oxygens (including phenoxy) is 1. The highest BCUT2D eigenvalue weighted by Crippen LogP contribution is 2.12. The molecule has 1 heterocycles. The number of nitrogens with one attached hydrogen (secondary N) is 2. The summed E-state index contributed by atoms with van der Waals surface area (Å²) in [5, 5.41) is 6.53. The molecule has 2 aromatic rings. The van der Waals surface area contributed by atoms with Crippen molar-refractivity contribution in [2.45, 2.75) is 13.0 Å². The van der Waals surface area contributed by atoms with E-state index in [0.717, 1.165) is 17.5 Å². The number of methoxy groups -OCH3 is 1. The summed E-state index contributed by atoms with van der Waals surface area (Å²) in [4.78, 5) is 22.1. The number of carbonyl (C=O) groups excluding carboxylic acids is 1. The summed E-state index contributed by atoms with van der Waals surface area (Å²) >= 11 is 0. The first-order valence-electron chi connectivity index (χ1n) is 8.78. The van der Waals surface area contributed by atoms with E-state index in [1.54, 1.807) is 39.3 Å². The zero-order valence-electron chi connectivity index (χ0n) is 16.7. The molecule has 0 radical (unpaired) electrons. The molecule has 1 amide bonds. The van der Waals surface area contributed by atoms with Gasteiger partial charge in [-0.2, -0.15) is 0 Å². The number of rotatable bonds is 7. The van der Waals surface area contributed by atoms with Crippen LogP contribution in [0.2, 0.25) is 0 Å². The number of aliphatic imine (C=N–C) groups is 1. The summed E-state index contributed by atoms with van der Waals surface area (Å²) in [6.07, 6.45) is 2.48. The van der Waals surface area contributed by atoms with Gasteiger partial charge in [-0.15, -0.1) is 24.0 Å². The molecule has 0 aliphatic heterocycles. The van der Waals surface area contributed by atoms with E-state index < -0.39 is 0 Å². The van der Waals surface area contributed by atoms with Gasteiger partial charge in [0.2, 0.25) is 5.88 Å². The molecule has 28 heavy (non-hydrogen) atoms. The molecule has 0 aliphatic rings. The standard InChI is InChI=1S/C20H27N5O2.HI/c1-21-20(24-14-17-9-6-11-22-18(17)27-4)23-12-10-15-7-5-8-16(13-15)19(26)25(2)3;/h5-9,11,13H,10,12,14H2,1-4H3,(H2,21,23,24);1H. The van der Waals surface area contributed by atoms with Crippen molar-refractivity contribution in [3.8, 4) is 5.88 Å². The minimum atomic E-state index is 0. The molecule has 152 valence electrons. The molecular formula is C20H28IN5O2. The minimum absolute atomic E-state index is 0. The monoisotopic (exact) mass is 497 g/mol. The summed E-state index contributed by atoms with van der Waals surface area (Å²) in [6, 6.07) is 11.5. The van der Waals surface area contributed by atoms with Crippen LogP contribution in [0, 0.1) is 0 Å². The molecule has 0 spiro atoms. The SMILES string of the molecule is CN=C(NCCc1cccc(C(=O)N(C)C)c1)NCc1cccnc1OC.I. The normalized spacial score (nSPS) is 10.6. The molecule has 1 aromatic heterocycles. The van der Waals surface area contributed by atoms with Crippen LogP contribution >= 0.6 is 24.0 Å². The zero-order chi connectivity index (χ0) is 19.6. The lowest BCUT2D eigenvalue weighted by atomic mass is 10.1. The lowest BCUT2D eigenvalue weighted by Crippen LogP contribution is -2.38. The van der Waals surface area contributed by atoms with E-state index in [1.807, 2.05) is 36.4 Å². The number of aromatic nitrogens is 1. The fraction of sp³-hybridized carbons (Fsp3) is 0.350. The van der Waals surface area contributed by atoms with Crippen molar-refractivity contribution in [3.05, 3.63) is 59.3 Å². The molecule has 2 N–H and O–H groups in total. The molecule has 0 atom stereocenters. The van der Waals surface area contributed by atoms with Crippen LogP contribution in [-0.2, 0) is 13.0 Å². The molecule has 7 nitrogen and oxygen atoms in total. The predicted molar refractivity (Wildman–Crippen MR) is 123 cm³/mol. The number of pyridine rings is 1. The quantitative estimate of drug-likeness (QED) is 0.349. The highest BCUT2D eigenvalue weighted by molar-refractivity contribution is 14.0. The van der Waals surface area contributed by atoms with E-state index in [1.165, 1.54) is 0 Å². The zero-order valence-corrected chi connectivity index (χ0v) is 19.1. The van der Waals surface area contributed by atoms with Gasteiger partial charge < -0.3 is 20.3 Å². The van der Waals surface area contributed by atoms with Gasteiger partial charge in [0.05, 0.1) is 7.11 Å². The smallest absolute Gasteiger partial charge is 0.253 e. The summed E-state index contributed by atoms with van der Waals surface area (Å²) < 4.78 is 5.26. The van der Waals surface area contributed by atoms with Crippen molar-refractivity contribution < 1.29 is 9.53 Å². The first kappa shape index (κ1) is 23.7. The highest BCUT2D eigenvalue weighted by atomic mass is 127. The maximum Gasteiger partial charge on any atom is 0.253 e. The molecular weight excluding hydrogens is 469 g/mol. The van der Waals surface area contributed by atoms with Gasteiger partial charge in [0, 0.05) is 51.6 Å². The van der Waals surface area contributed by atoms with Crippen LogP contribution in [-0.4, -0.2) is 56.5 Å². The Morgan fingerprint density at radius 1 is 1.21 bits per heavy atom. The van der Waals surface area contributed by atoms with Gasteiger partial charge >= 0.3 is 0 Å². The number of nitrogens with zero attached hydrogens (tertiary/aromatic N) is 3. The Hall–Kier alpha value is -2.36. The molecule has 0 bridgehead atoms. The van der Waals surface area contributed by atoms with Gasteiger partial charge in [0.15, 0.2) is 5.96 Å². The number of halogens is 1. The third kappa shape index (κ3) is 6.99. The predicted octanol–water partition coefficient (Wildman–Crippen LogP) is 2.32. The molecule has 0 fully saturated rings. The lowest BCUT2D eigenvalue weighted by molar-refractivity contribution is 0.0827. The second-order valence-corrected chi connectivity index (χ2v) is 6.17. The van der Waals surface area contributed by atoms with Gasteiger partial charge in [-0.05, 0) is 30.2 Å². The molecule has 8 heteroatoms. The minimum Gasteiger partial charge on any atom is -0.481 e. The summed E-state index contributed by atoms with van der Waals surface area (Å²) in [6.45, 7) is 1.26. The fourth-order valence-corrected chi connectivity index (χ4v) is 2.59. The third-order valence-corrected chi connectivity index (χ3v) is 4.00. The molecule has 0 aliphatic carbocycles. The van der Waals surface area contributed by atoms with Crippen LogP contribution in [0.15, 0.2) is 47.6 Å². The average Bonchev–Trinajstić information content (AvgIpc) is 2.70. The van der Waals surface area contributed by atoms with E-state index >= 15 is 0 Å². The maximum absolute atomic E-state index is 12.1. The van der Waals surface area contributed by atoms with Crippen LogP contribution in [0.25, 0.3) is 0 Å². The van der Waals surface area contributed by atoms with E-state index in [0.29, 0.717) is 30.5 Å². The number of hydrogen-bond donors (Lipinski definition) is 2. The second-order valence-electron chi connectivity index (χ2n) is 6.17. The molecule has 0 saturated carbocycles. The van der Waals surface area contributed by atoms with Gasteiger partial charge in [0.1, 0.15) is 0 Å². The van der Waals surface area contributed by atoms with E-state index in [9.17, 15) is 4.79 Å². The van der Waals surface area contributed by atoms with E-state index in [2.05, 4.69) is 20.6 Å². The number of guanidine groups is 1. The van der Waals surface area contributed by atoms with Crippen molar-refractivity contribution in [2.75, 3.05) is 34.8 Å². The largest absolute Gasteiger partial charge is 0.481 e. The molecule has 1 aromatic carbocycles. The second kappa shape index (κ2) is 12.2. The Kier molecular flexibility index (Phi) is 10.3. The summed E-state index contributed by atoms with van der Waals surface area (Å²) in [5.74, 6) is 1.30. The van der Waals surface area contributed by atoms with Gasteiger partial charge in [-0.25, -0.2) is 4.98 Å². The summed E-state index contributed by atoms with van der Waals surface area (Å²) in [7, 11) is 6.84. The van der Waals surface area contributed by atoms with Crippen molar-refractivity contribution in [3.63, 3.8) is 0 Å². The van der Waals surface area contributed by atoms with Gasteiger partial charge in [-0.3, -0.25) is 9.79 Å². The molecule has 0 unspecified atom stereocenters. The van der Waals surface area contributed by atoms with Gasteiger partial charge in [-0.1, -0.05) is 18.2 Å². The first-order chi connectivity index (χ1) is 13.0. The van der Waals surface area contributed by atoms with E-state index in [4.69, 9.17) is 4.74 Å². The first-order valence-corrected chi connectivity index (χ1v) is 8.78. The highest BCUT2D eigenvalue weighted by Gasteiger charge is 2.08. The maximum atomic E-state index is 12.1. The Balaban J connectivity index is 0.00000392.